The van der Waals surface area contributed by atoms with Crippen LogP contribution in [0.4, 0.5) is 10.5 Å². The number of likely N-dealkylation sites (tertiary alicyclic amines) is 1. The SMILES string of the molecule is O=C(NC[C@@H]1C[C@@H]2C=C[C@H]1C2)Nc1cc(C(=O)N2CCCC2)ccc1Cl. The summed E-state index contributed by atoms with van der Waals surface area (Å²) in [6.07, 6.45) is 9.05. The van der Waals surface area contributed by atoms with Crippen molar-refractivity contribution in [2.45, 2.75) is 25.7 Å². The van der Waals surface area contributed by atoms with E-state index in [0.29, 0.717) is 40.6 Å². The van der Waals surface area contributed by atoms with Crippen LogP contribution in [0.2, 0.25) is 5.02 Å². The second-order valence-electron chi connectivity index (χ2n) is 7.57. The number of nitrogens with zero attached hydrogens (tertiary/aromatic N) is 1. The van der Waals surface area contributed by atoms with Gasteiger partial charge in [0.15, 0.2) is 0 Å². The maximum atomic E-state index is 12.5. The normalized spacial score (nSPS) is 26.3. The smallest absolute Gasteiger partial charge is 0.319 e. The number of allylic oxidation sites excluding steroid dienone is 2. The molecule has 1 heterocycles. The third-order valence-corrected chi connectivity index (χ3v) is 6.13. The first-order chi connectivity index (χ1) is 12.6. The van der Waals surface area contributed by atoms with Crippen molar-refractivity contribution < 1.29 is 9.59 Å². The van der Waals surface area contributed by atoms with Crippen molar-refractivity contribution in [3.8, 4) is 0 Å². The van der Waals surface area contributed by atoms with Gasteiger partial charge in [0.25, 0.3) is 5.91 Å². The second kappa shape index (κ2) is 7.31. The summed E-state index contributed by atoms with van der Waals surface area (Å²) in [4.78, 5) is 26.6. The number of rotatable bonds is 4. The van der Waals surface area contributed by atoms with E-state index in [1.165, 1.54) is 6.42 Å². The fourth-order valence-electron chi connectivity index (χ4n) is 4.38. The van der Waals surface area contributed by atoms with Gasteiger partial charge in [0.05, 0.1) is 10.7 Å². The summed E-state index contributed by atoms with van der Waals surface area (Å²) in [5, 5.41) is 6.18. The highest BCUT2D eigenvalue weighted by Crippen LogP contribution is 2.42. The van der Waals surface area contributed by atoms with E-state index in [2.05, 4.69) is 22.8 Å². The van der Waals surface area contributed by atoms with Crippen molar-refractivity contribution >= 4 is 29.2 Å². The summed E-state index contributed by atoms with van der Waals surface area (Å²) >= 11 is 6.21. The standard InChI is InChI=1S/C20H24ClN3O2/c21-17-6-5-15(19(25)24-7-1-2-8-24)11-18(17)23-20(26)22-12-16-10-13-3-4-14(16)9-13/h3-6,11,13-14,16H,1-2,7-10,12H2,(H2,22,23,26)/t13-,14+,16+/m1/s1. The summed E-state index contributed by atoms with van der Waals surface area (Å²) in [6.45, 7) is 2.26. The van der Waals surface area contributed by atoms with E-state index in [1.54, 1.807) is 18.2 Å². The van der Waals surface area contributed by atoms with Crippen LogP contribution in [-0.2, 0) is 0 Å². The molecule has 0 aromatic heterocycles. The van der Waals surface area contributed by atoms with Crippen LogP contribution in [-0.4, -0.2) is 36.5 Å². The van der Waals surface area contributed by atoms with Gasteiger partial charge in [-0.3, -0.25) is 4.79 Å². The molecule has 0 spiro atoms. The van der Waals surface area contributed by atoms with Gasteiger partial charge in [-0.15, -0.1) is 0 Å². The molecule has 1 aromatic rings. The number of hydrogen-bond acceptors (Lipinski definition) is 2. The number of halogens is 1. The Morgan fingerprint density at radius 3 is 2.65 bits per heavy atom. The van der Waals surface area contributed by atoms with Crippen molar-refractivity contribution in [2.24, 2.45) is 17.8 Å². The van der Waals surface area contributed by atoms with Crippen LogP contribution in [0.1, 0.15) is 36.0 Å². The Labute approximate surface area is 158 Å². The van der Waals surface area contributed by atoms with E-state index < -0.39 is 0 Å². The summed E-state index contributed by atoms with van der Waals surface area (Å²) in [6, 6.07) is 4.78. The zero-order valence-electron chi connectivity index (χ0n) is 14.7. The van der Waals surface area contributed by atoms with Gasteiger partial charge >= 0.3 is 6.03 Å². The summed E-state index contributed by atoms with van der Waals surface area (Å²) in [7, 11) is 0. The van der Waals surface area contributed by atoms with Crippen LogP contribution < -0.4 is 10.6 Å². The average molecular weight is 374 g/mol. The van der Waals surface area contributed by atoms with Gasteiger partial charge in [0, 0.05) is 25.2 Å². The molecular formula is C20H24ClN3O2. The molecule has 1 saturated heterocycles. The molecule has 1 saturated carbocycles. The molecule has 138 valence electrons. The number of carbonyl (C=O) groups excluding carboxylic acids is 2. The molecule has 0 unspecified atom stereocenters. The molecular weight excluding hydrogens is 350 g/mol. The third kappa shape index (κ3) is 3.58. The largest absolute Gasteiger partial charge is 0.339 e. The third-order valence-electron chi connectivity index (χ3n) is 5.80. The summed E-state index contributed by atoms with van der Waals surface area (Å²) < 4.78 is 0. The van der Waals surface area contributed by atoms with Crippen LogP contribution >= 0.6 is 11.6 Å². The van der Waals surface area contributed by atoms with Crippen LogP contribution in [0, 0.1) is 17.8 Å². The Bertz CT molecular complexity index is 743. The predicted octanol–water partition coefficient (Wildman–Crippen LogP) is 3.91. The minimum absolute atomic E-state index is 0.00334. The predicted molar refractivity (Wildman–Crippen MR) is 102 cm³/mol. The fourth-order valence-corrected chi connectivity index (χ4v) is 4.54. The number of urea groups is 1. The van der Waals surface area contributed by atoms with Crippen molar-refractivity contribution in [1.29, 1.82) is 0 Å². The van der Waals surface area contributed by atoms with Crippen LogP contribution in [0.15, 0.2) is 30.4 Å². The zero-order valence-corrected chi connectivity index (χ0v) is 15.5. The summed E-state index contributed by atoms with van der Waals surface area (Å²) in [5.74, 6) is 1.81. The van der Waals surface area contributed by atoms with Crippen molar-refractivity contribution in [2.75, 3.05) is 25.0 Å². The highest BCUT2D eigenvalue weighted by molar-refractivity contribution is 6.33. The molecule has 6 heteroatoms. The number of amides is 3. The van der Waals surface area contributed by atoms with E-state index >= 15 is 0 Å². The van der Waals surface area contributed by atoms with E-state index in [1.807, 2.05) is 4.90 Å². The molecule has 3 atom stereocenters. The van der Waals surface area contributed by atoms with Crippen LogP contribution in [0.3, 0.4) is 0 Å². The van der Waals surface area contributed by atoms with Gasteiger partial charge in [-0.1, -0.05) is 23.8 Å². The van der Waals surface area contributed by atoms with Gasteiger partial charge in [-0.2, -0.15) is 0 Å². The maximum Gasteiger partial charge on any atom is 0.319 e. The van der Waals surface area contributed by atoms with E-state index in [0.717, 1.165) is 32.4 Å². The number of benzene rings is 1. The Kier molecular flexibility index (Phi) is 4.90. The molecule has 4 rings (SSSR count). The number of carbonyl (C=O) groups is 2. The molecule has 0 radical (unpaired) electrons. The van der Waals surface area contributed by atoms with Gasteiger partial charge in [-0.25, -0.2) is 4.79 Å². The Hall–Kier alpha value is -2.01. The molecule has 26 heavy (non-hydrogen) atoms. The molecule has 3 amide bonds. The van der Waals surface area contributed by atoms with Crippen molar-refractivity contribution in [3.63, 3.8) is 0 Å². The molecule has 1 aliphatic heterocycles. The lowest BCUT2D eigenvalue weighted by molar-refractivity contribution is 0.0793. The van der Waals surface area contributed by atoms with Gasteiger partial charge in [-0.05, 0) is 61.6 Å². The lowest BCUT2D eigenvalue weighted by Gasteiger charge is -2.19. The first-order valence-electron chi connectivity index (χ1n) is 9.42. The average Bonchev–Trinajstić information content (AvgIpc) is 3.39. The number of hydrogen-bond donors (Lipinski definition) is 2. The topological polar surface area (TPSA) is 61.4 Å². The van der Waals surface area contributed by atoms with Crippen LogP contribution in [0.25, 0.3) is 0 Å². The number of anilines is 1. The van der Waals surface area contributed by atoms with E-state index in [4.69, 9.17) is 11.6 Å². The lowest BCUT2D eigenvalue weighted by Crippen LogP contribution is -2.34. The van der Waals surface area contributed by atoms with E-state index in [9.17, 15) is 9.59 Å². The van der Waals surface area contributed by atoms with E-state index in [-0.39, 0.29) is 11.9 Å². The Morgan fingerprint density at radius 1 is 1.15 bits per heavy atom. The fraction of sp³-hybridized carbons (Fsp3) is 0.500. The zero-order chi connectivity index (χ0) is 18.1. The van der Waals surface area contributed by atoms with Crippen molar-refractivity contribution in [1.82, 2.24) is 10.2 Å². The Balaban J connectivity index is 1.36. The minimum Gasteiger partial charge on any atom is -0.339 e. The molecule has 2 N–H and O–H groups in total. The Morgan fingerprint density at radius 2 is 1.96 bits per heavy atom. The first-order valence-corrected chi connectivity index (χ1v) is 9.80. The quantitative estimate of drug-likeness (QED) is 0.786. The van der Waals surface area contributed by atoms with Crippen molar-refractivity contribution in [3.05, 3.63) is 40.9 Å². The number of nitrogens with one attached hydrogen (secondary N) is 2. The van der Waals surface area contributed by atoms with Gasteiger partial charge in [0.1, 0.15) is 0 Å². The monoisotopic (exact) mass is 373 g/mol. The first kappa shape index (κ1) is 17.4. The maximum absolute atomic E-state index is 12.5. The second-order valence-corrected chi connectivity index (χ2v) is 7.98. The molecule has 2 fully saturated rings. The molecule has 2 bridgehead atoms. The highest BCUT2D eigenvalue weighted by Gasteiger charge is 2.35. The lowest BCUT2D eigenvalue weighted by atomic mass is 9.94. The molecule has 1 aromatic carbocycles. The van der Waals surface area contributed by atoms with Crippen LogP contribution in [0.5, 0.6) is 0 Å². The minimum atomic E-state index is -0.274. The van der Waals surface area contributed by atoms with Gasteiger partial charge in [0.2, 0.25) is 0 Å². The number of fused-ring (bicyclic) bond motifs is 2. The molecule has 5 nitrogen and oxygen atoms in total. The molecule has 3 aliphatic rings. The molecule has 2 aliphatic carbocycles. The summed E-state index contributed by atoms with van der Waals surface area (Å²) in [5.41, 5.74) is 1.03. The highest BCUT2D eigenvalue weighted by atomic mass is 35.5. The van der Waals surface area contributed by atoms with Gasteiger partial charge < -0.3 is 15.5 Å².